The number of aryl methyl sites for hydroxylation is 3. The van der Waals surface area contributed by atoms with Gasteiger partial charge in [-0.25, -0.2) is 0 Å². The molecule has 0 N–H and O–H groups in total. The second-order valence-corrected chi connectivity index (χ2v) is 30.2. The molecule has 0 saturated heterocycles. The van der Waals surface area contributed by atoms with Crippen LogP contribution in [0, 0.1) is 26.2 Å². The summed E-state index contributed by atoms with van der Waals surface area (Å²) < 4.78 is 5.57. The third-order valence-corrected chi connectivity index (χ3v) is 19.9. The van der Waals surface area contributed by atoms with E-state index in [-0.39, 0.29) is 45.0 Å². The number of nitrogens with zero attached hydrogens (tertiary/aromatic N) is 3. The van der Waals surface area contributed by atoms with E-state index in [2.05, 4.69) is 255 Å². The number of aromatic nitrogens is 1. The molecule has 0 saturated carbocycles. The molecule has 76 heavy (non-hydrogen) atoms. The molecular weight excluding hydrogens is 938 g/mol. The van der Waals surface area contributed by atoms with Crippen LogP contribution < -0.4 is 20.7 Å². The summed E-state index contributed by atoms with van der Waals surface area (Å²) in [5, 5.41) is 1.36. The van der Waals surface area contributed by atoms with Gasteiger partial charge in [0.2, 0.25) is 6.71 Å². The van der Waals surface area contributed by atoms with Crippen molar-refractivity contribution in [2.24, 2.45) is 5.41 Å². The van der Waals surface area contributed by atoms with Crippen molar-refractivity contribution in [3.63, 3.8) is 0 Å². The minimum Gasteiger partial charge on any atom is -0.312 e. The number of thiophene rings is 1. The summed E-state index contributed by atoms with van der Waals surface area (Å²) in [6, 6.07) is 41.7. The van der Waals surface area contributed by atoms with Crippen LogP contribution in [0.25, 0.3) is 32.1 Å². The first-order chi connectivity index (χ1) is 35.4. The fourth-order valence-corrected chi connectivity index (χ4v) is 15.1. The van der Waals surface area contributed by atoms with Gasteiger partial charge in [-0.1, -0.05) is 177 Å². The molecule has 1 unspecified atom stereocenters. The Balaban J connectivity index is 1.21. The van der Waals surface area contributed by atoms with Gasteiger partial charge in [-0.05, 0) is 182 Å². The largest absolute Gasteiger partial charge is 0.312 e. The van der Waals surface area contributed by atoms with E-state index in [0.717, 1.165) is 12.8 Å². The number of hydrogen-bond acceptors (Lipinski definition) is 3. The smallest absolute Gasteiger partial charge is 0.226 e. The molecule has 0 radical (unpaired) electrons. The van der Waals surface area contributed by atoms with Gasteiger partial charge < -0.3 is 14.4 Å². The van der Waals surface area contributed by atoms with Gasteiger partial charge in [0, 0.05) is 61.2 Å². The lowest BCUT2D eigenvalue weighted by molar-refractivity contribution is 0.332. The maximum absolute atomic E-state index is 2.79. The Morgan fingerprint density at radius 1 is 0.566 bits per heavy atom. The van der Waals surface area contributed by atoms with E-state index >= 15 is 0 Å². The summed E-state index contributed by atoms with van der Waals surface area (Å²) in [7, 11) is 0. The minimum atomic E-state index is -0.116. The molecule has 0 spiro atoms. The van der Waals surface area contributed by atoms with Crippen LogP contribution in [0.3, 0.4) is 0 Å². The molecule has 2 aliphatic carbocycles. The Hall–Kier alpha value is -5.78. The quantitative estimate of drug-likeness (QED) is 0.163. The predicted octanol–water partition coefficient (Wildman–Crippen LogP) is 19.3. The van der Waals surface area contributed by atoms with Crippen molar-refractivity contribution >= 4 is 89.5 Å². The van der Waals surface area contributed by atoms with Crippen LogP contribution in [0.2, 0.25) is 0 Å². The molecule has 12 rings (SSSR count). The highest BCUT2D eigenvalue weighted by atomic mass is 32.1. The zero-order chi connectivity index (χ0) is 54.3. The molecule has 8 aromatic rings. The van der Waals surface area contributed by atoms with Crippen molar-refractivity contribution < 1.29 is 0 Å². The minimum absolute atomic E-state index is 0.0114. The second-order valence-electron chi connectivity index (χ2n) is 29.2. The third kappa shape index (κ3) is 7.77. The SMILES string of the molecule is Cc1cc(C(C)(C)C)ccc1N(c1ccc2c(c1)N(c1cc3c(cc1C)C(C)(C)CCC3(C)C)c1cc(C(C)(C)C)cc3c1B2C1CC(C(C)(C)C)=Cc2c1n-3c1c2sc2ccccc21)c1ccc(C(C)(C)C)cc1C. The number of rotatable bonds is 4. The first-order valence-corrected chi connectivity index (χ1v) is 29.3. The Morgan fingerprint density at radius 2 is 1.14 bits per heavy atom. The summed E-state index contributed by atoms with van der Waals surface area (Å²) in [4.78, 5) is 5.35. The molecule has 3 nitrogen and oxygen atoms in total. The van der Waals surface area contributed by atoms with Gasteiger partial charge >= 0.3 is 0 Å². The lowest BCUT2D eigenvalue weighted by atomic mass is 9.29. The maximum Gasteiger partial charge on any atom is 0.226 e. The number of anilines is 6. The highest BCUT2D eigenvalue weighted by Crippen LogP contribution is 2.57. The van der Waals surface area contributed by atoms with E-state index in [1.807, 2.05) is 11.3 Å². The predicted molar refractivity (Wildman–Crippen MR) is 333 cm³/mol. The number of hydrogen-bond donors (Lipinski definition) is 0. The Kier molecular flexibility index (Phi) is 11.2. The average Bonchev–Trinajstić information content (AvgIpc) is 3.89. The lowest BCUT2D eigenvalue weighted by Gasteiger charge is -2.47. The van der Waals surface area contributed by atoms with E-state index in [1.165, 1.54) is 133 Å². The normalized spacial score (nSPS) is 17.6. The first-order valence-electron chi connectivity index (χ1n) is 28.5. The molecule has 6 aromatic carbocycles. The molecule has 2 aromatic heterocycles. The summed E-state index contributed by atoms with van der Waals surface area (Å²) in [6.07, 6.45) is 5.99. The van der Waals surface area contributed by atoms with E-state index in [1.54, 1.807) is 5.57 Å². The summed E-state index contributed by atoms with van der Waals surface area (Å²) >= 11 is 1.99. The lowest BCUT2D eigenvalue weighted by Crippen LogP contribution is -2.58. The van der Waals surface area contributed by atoms with Crippen LogP contribution in [0.4, 0.5) is 34.1 Å². The van der Waals surface area contributed by atoms with Gasteiger partial charge in [0.05, 0.1) is 10.2 Å². The molecule has 1 atom stereocenters. The highest BCUT2D eigenvalue weighted by molar-refractivity contribution is 7.26. The van der Waals surface area contributed by atoms with Crippen molar-refractivity contribution in [2.75, 3.05) is 9.80 Å². The van der Waals surface area contributed by atoms with Crippen LogP contribution in [0.15, 0.2) is 109 Å². The first kappa shape index (κ1) is 51.0. The molecule has 5 heteroatoms. The zero-order valence-corrected chi connectivity index (χ0v) is 50.2. The second kappa shape index (κ2) is 16.6. The molecule has 0 fully saturated rings. The number of benzene rings is 6. The van der Waals surface area contributed by atoms with Gasteiger partial charge in [-0.2, -0.15) is 0 Å². The van der Waals surface area contributed by atoms with Crippen molar-refractivity contribution in [2.45, 2.75) is 184 Å². The summed E-state index contributed by atoms with van der Waals surface area (Å²) in [5.41, 5.74) is 28.7. The maximum atomic E-state index is 2.79. The van der Waals surface area contributed by atoms with Gasteiger partial charge in [0.1, 0.15) is 0 Å². The van der Waals surface area contributed by atoms with Gasteiger partial charge in [-0.3, -0.25) is 0 Å². The Labute approximate surface area is 460 Å². The van der Waals surface area contributed by atoms with Gasteiger partial charge in [-0.15, -0.1) is 11.3 Å². The van der Waals surface area contributed by atoms with Gasteiger partial charge in [0.25, 0.3) is 0 Å². The zero-order valence-electron chi connectivity index (χ0n) is 49.4. The van der Waals surface area contributed by atoms with Crippen LogP contribution in [-0.4, -0.2) is 11.3 Å². The molecule has 0 bridgehead atoms. The van der Waals surface area contributed by atoms with E-state index in [4.69, 9.17) is 0 Å². The summed E-state index contributed by atoms with van der Waals surface area (Å²) in [5.74, 6) is 0.242. The van der Waals surface area contributed by atoms with Crippen LogP contribution in [0.1, 0.15) is 192 Å². The fourth-order valence-electron chi connectivity index (χ4n) is 13.9. The van der Waals surface area contributed by atoms with Crippen LogP contribution >= 0.6 is 11.3 Å². The molecular formula is C71H82BN3S. The highest BCUT2D eigenvalue weighted by Gasteiger charge is 2.50. The summed E-state index contributed by atoms with van der Waals surface area (Å²) in [6.45, 7) is 45.6. The fraction of sp³-hybridized carbons (Fsp3) is 0.408. The third-order valence-electron chi connectivity index (χ3n) is 18.7. The monoisotopic (exact) mass is 1020 g/mol. The van der Waals surface area contributed by atoms with Crippen LogP contribution in [0.5, 0.6) is 0 Å². The van der Waals surface area contributed by atoms with Crippen molar-refractivity contribution in [1.29, 1.82) is 0 Å². The van der Waals surface area contributed by atoms with Crippen molar-refractivity contribution in [3.05, 3.63) is 164 Å². The van der Waals surface area contributed by atoms with E-state index in [0.29, 0.717) is 0 Å². The molecule has 4 heterocycles. The van der Waals surface area contributed by atoms with Crippen molar-refractivity contribution in [3.8, 4) is 5.69 Å². The number of allylic oxidation sites excluding steroid dienone is 1. The van der Waals surface area contributed by atoms with Gasteiger partial charge in [0.15, 0.2) is 0 Å². The number of fused-ring (bicyclic) bond motifs is 10. The molecule has 4 aliphatic rings. The Morgan fingerprint density at radius 3 is 1.72 bits per heavy atom. The van der Waals surface area contributed by atoms with Crippen LogP contribution in [-0.2, 0) is 27.1 Å². The standard InChI is InChI=1S/C71H82BN3S/c1-41-32-44(66(4,5)6)24-28-55(41)73(56-29-25-45(33-42(56)2)67(7,8)9)48-26-27-53-58(39-48)74(57-40-52-51(34-43(57)3)70(16,17)30-31-71(52,18)19)59-37-47(69(13,14)15)38-60-62(59)72(53)54-36-46(68(10,11)12)35-50-63(54)75(60)64-49-22-20-21-23-61(49)76-65(50)64/h20-29,32-35,37-40,54H,30-31,36H2,1-19H3. The topological polar surface area (TPSA) is 11.4 Å². The van der Waals surface area contributed by atoms with Crippen molar-refractivity contribution in [1.82, 2.24) is 4.57 Å². The van der Waals surface area contributed by atoms with E-state index < -0.39 is 0 Å². The molecule has 390 valence electrons. The molecule has 0 amide bonds. The van der Waals surface area contributed by atoms with E-state index in [9.17, 15) is 0 Å². The molecule has 2 aliphatic heterocycles. The Bertz CT molecular complexity index is 3720. The average molecular weight is 1020 g/mol.